The number of rotatable bonds is 6. The average Bonchev–Trinajstić information content (AvgIpc) is 2.79. The maximum Gasteiger partial charge on any atom is 0.265 e. The zero-order valence-corrected chi connectivity index (χ0v) is 18.8. The van der Waals surface area contributed by atoms with Crippen molar-refractivity contribution < 1.29 is 15.0 Å². The van der Waals surface area contributed by atoms with Gasteiger partial charge in [0.1, 0.15) is 17.1 Å². The number of phenols is 1. The summed E-state index contributed by atoms with van der Waals surface area (Å²) in [5.41, 5.74) is 0.941. The van der Waals surface area contributed by atoms with Crippen molar-refractivity contribution in [2.24, 2.45) is 7.05 Å². The summed E-state index contributed by atoms with van der Waals surface area (Å²) in [5, 5.41) is 24.9. The van der Waals surface area contributed by atoms with Crippen molar-refractivity contribution in [3.05, 3.63) is 98.7 Å². The van der Waals surface area contributed by atoms with Gasteiger partial charge >= 0.3 is 0 Å². The van der Waals surface area contributed by atoms with E-state index in [0.29, 0.717) is 16.5 Å². The van der Waals surface area contributed by atoms with E-state index in [1.807, 2.05) is 24.3 Å². The number of anilines is 1. The van der Waals surface area contributed by atoms with Gasteiger partial charge < -0.3 is 20.1 Å². The van der Waals surface area contributed by atoms with Gasteiger partial charge in [-0.15, -0.1) is 0 Å². The molecule has 0 saturated heterocycles. The second-order valence-electron chi connectivity index (χ2n) is 7.47. The topological polar surface area (TPSA) is 91.6 Å². The summed E-state index contributed by atoms with van der Waals surface area (Å²) < 4.78 is 2.15. The number of nitrogens with one attached hydrogen (secondary N) is 1. The van der Waals surface area contributed by atoms with E-state index < -0.39 is 17.4 Å². The molecule has 3 N–H and O–H groups in total. The lowest BCUT2D eigenvalue weighted by Gasteiger charge is -2.22. The number of phenolic OH excluding ortho intramolecular Hbond substituents is 1. The fourth-order valence-corrected chi connectivity index (χ4v) is 4.20. The average molecular weight is 493 g/mol. The highest BCUT2D eigenvalue weighted by atomic mass is 79.9. The molecule has 0 aliphatic heterocycles. The van der Waals surface area contributed by atoms with E-state index in [0.717, 1.165) is 10.2 Å². The molecule has 162 valence electrons. The van der Waals surface area contributed by atoms with Gasteiger partial charge in [-0.1, -0.05) is 42.5 Å². The summed E-state index contributed by atoms with van der Waals surface area (Å²) in [6.07, 6.45) is -0.153. The molecule has 6 nitrogen and oxygen atoms in total. The Labute approximate surface area is 192 Å². The molecule has 1 heterocycles. The molecule has 7 heteroatoms. The highest BCUT2D eigenvalue weighted by Crippen LogP contribution is 2.34. The first-order valence-electron chi connectivity index (χ1n) is 10.0. The van der Waals surface area contributed by atoms with E-state index in [-0.39, 0.29) is 23.5 Å². The largest absolute Gasteiger partial charge is 0.508 e. The van der Waals surface area contributed by atoms with Crippen LogP contribution in [0.1, 0.15) is 28.4 Å². The highest BCUT2D eigenvalue weighted by Gasteiger charge is 2.26. The molecule has 0 bridgehead atoms. The monoisotopic (exact) mass is 492 g/mol. The van der Waals surface area contributed by atoms with Crippen molar-refractivity contribution >= 4 is 38.3 Å². The number of aromatic hydroxyl groups is 2. The minimum absolute atomic E-state index is 0.0282. The molecule has 0 spiro atoms. The van der Waals surface area contributed by atoms with E-state index in [4.69, 9.17) is 0 Å². The summed E-state index contributed by atoms with van der Waals surface area (Å²) in [4.78, 5) is 26.3. The number of hydrogen-bond donors (Lipinski definition) is 3. The molecule has 4 aromatic rings. The number of carbonyl (C=O) groups excluding carboxylic acids is 1. The molecule has 32 heavy (non-hydrogen) atoms. The van der Waals surface area contributed by atoms with Gasteiger partial charge in [0.2, 0.25) is 0 Å². The van der Waals surface area contributed by atoms with E-state index in [9.17, 15) is 19.8 Å². The van der Waals surface area contributed by atoms with Crippen molar-refractivity contribution in [2.75, 3.05) is 5.32 Å². The number of aromatic nitrogens is 1. The Morgan fingerprint density at radius 1 is 1.00 bits per heavy atom. The van der Waals surface area contributed by atoms with Crippen LogP contribution in [0.2, 0.25) is 0 Å². The van der Waals surface area contributed by atoms with Crippen molar-refractivity contribution in [1.29, 1.82) is 0 Å². The summed E-state index contributed by atoms with van der Waals surface area (Å²) in [5.74, 6) is -0.826. The molecular formula is C25H21BrN2O4. The lowest BCUT2D eigenvalue weighted by Crippen LogP contribution is -2.26. The Bertz CT molecular complexity index is 1380. The molecule has 0 amide bonds. The third kappa shape index (κ3) is 3.99. The molecule has 0 saturated carbocycles. The van der Waals surface area contributed by atoms with E-state index in [1.54, 1.807) is 55.6 Å². The lowest BCUT2D eigenvalue weighted by molar-refractivity contribution is 0.0972. The Hall–Kier alpha value is -3.58. The molecule has 1 unspecified atom stereocenters. The number of hydrogen-bond acceptors (Lipinski definition) is 5. The molecular weight excluding hydrogens is 472 g/mol. The maximum absolute atomic E-state index is 13.3. The molecule has 0 aliphatic rings. The number of halogens is 1. The fraction of sp³-hybridized carbons (Fsp3) is 0.120. The smallest absolute Gasteiger partial charge is 0.265 e. The molecule has 0 radical (unpaired) electrons. The second-order valence-corrected chi connectivity index (χ2v) is 8.32. The van der Waals surface area contributed by atoms with Gasteiger partial charge in [0.05, 0.1) is 11.6 Å². The van der Waals surface area contributed by atoms with E-state index in [2.05, 4.69) is 21.2 Å². The maximum atomic E-state index is 13.3. The molecule has 0 aliphatic carbocycles. The zero-order valence-electron chi connectivity index (χ0n) is 17.2. The number of nitrogens with zero attached hydrogens (tertiary/aromatic N) is 1. The summed E-state index contributed by atoms with van der Waals surface area (Å²) in [7, 11) is 1.57. The van der Waals surface area contributed by atoms with Crippen LogP contribution in [0.5, 0.6) is 11.5 Å². The van der Waals surface area contributed by atoms with Gasteiger partial charge in [0.15, 0.2) is 5.78 Å². The zero-order chi connectivity index (χ0) is 22.8. The first kappa shape index (κ1) is 21.6. The molecule has 3 aromatic carbocycles. The summed E-state index contributed by atoms with van der Waals surface area (Å²) in [6, 6.07) is 20.4. The van der Waals surface area contributed by atoms with Crippen LogP contribution >= 0.6 is 15.9 Å². The van der Waals surface area contributed by atoms with Gasteiger partial charge in [-0.05, 0) is 46.3 Å². The van der Waals surface area contributed by atoms with Gasteiger partial charge in [0, 0.05) is 34.6 Å². The SMILES string of the molecule is Cn1c(=O)c(C(=O)CC(Nc2ccccc2Br)c2ccccc2O)c(O)c2ccccc21. The van der Waals surface area contributed by atoms with Crippen LogP contribution in [0.4, 0.5) is 5.69 Å². The number of benzene rings is 3. The lowest BCUT2D eigenvalue weighted by atomic mass is 9.96. The molecule has 4 rings (SSSR count). The predicted molar refractivity (Wildman–Crippen MR) is 128 cm³/mol. The van der Waals surface area contributed by atoms with Gasteiger partial charge in [0.25, 0.3) is 5.56 Å². The second kappa shape index (κ2) is 8.88. The Morgan fingerprint density at radius 2 is 1.66 bits per heavy atom. The van der Waals surface area contributed by atoms with Crippen molar-refractivity contribution in [3.8, 4) is 11.5 Å². The van der Waals surface area contributed by atoms with Crippen LogP contribution in [0, 0.1) is 0 Å². The van der Waals surface area contributed by atoms with Gasteiger partial charge in [-0.25, -0.2) is 0 Å². The number of Topliss-reactive ketones (excluding diaryl/α,β-unsaturated/α-hetero) is 1. The number of aryl methyl sites for hydroxylation is 1. The van der Waals surface area contributed by atoms with Crippen LogP contribution in [-0.4, -0.2) is 20.6 Å². The Balaban J connectivity index is 1.78. The molecule has 1 atom stereocenters. The minimum atomic E-state index is -0.641. The number of pyridine rings is 1. The third-order valence-electron chi connectivity index (χ3n) is 5.46. The molecule has 0 fully saturated rings. The molecule has 1 aromatic heterocycles. The fourth-order valence-electron chi connectivity index (χ4n) is 3.81. The first-order chi connectivity index (χ1) is 15.4. The third-order valence-corrected chi connectivity index (χ3v) is 6.15. The normalized spacial score (nSPS) is 11.9. The van der Waals surface area contributed by atoms with Crippen molar-refractivity contribution in [2.45, 2.75) is 12.5 Å². The van der Waals surface area contributed by atoms with Crippen LogP contribution in [0.3, 0.4) is 0 Å². The first-order valence-corrected chi connectivity index (χ1v) is 10.8. The van der Waals surface area contributed by atoms with E-state index >= 15 is 0 Å². The quantitative estimate of drug-likeness (QED) is 0.324. The van der Waals surface area contributed by atoms with E-state index in [1.165, 1.54) is 4.57 Å². The standard InChI is InChI=1S/C25H21BrN2O4/c1-28-20-12-6-2-9-16(20)24(31)23(25(28)32)22(30)14-19(15-8-3-7-13-21(15)29)27-18-11-5-4-10-17(18)26/h2-13,19,27,29,31H,14H2,1H3. The van der Waals surface area contributed by atoms with Crippen LogP contribution in [0.15, 0.2) is 82.1 Å². The minimum Gasteiger partial charge on any atom is -0.508 e. The van der Waals surface area contributed by atoms with Gasteiger partial charge in [-0.2, -0.15) is 0 Å². The Kier molecular flexibility index (Phi) is 6.01. The van der Waals surface area contributed by atoms with Crippen LogP contribution < -0.4 is 10.9 Å². The van der Waals surface area contributed by atoms with Crippen LogP contribution in [-0.2, 0) is 7.05 Å². The Morgan fingerprint density at radius 3 is 2.41 bits per heavy atom. The predicted octanol–water partition coefficient (Wildman–Crippen LogP) is 5.14. The number of para-hydroxylation sites is 3. The number of ketones is 1. The highest BCUT2D eigenvalue weighted by molar-refractivity contribution is 9.10. The van der Waals surface area contributed by atoms with Crippen molar-refractivity contribution in [3.63, 3.8) is 0 Å². The summed E-state index contributed by atoms with van der Waals surface area (Å²) >= 11 is 3.48. The van der Waals surface area contributed by atoms with Crippen molar-refractivity contribution in [1.82, 2.24) is 4.57 Å². The van der Waals surface area contributed by atoms with Gasteiger partial charge in [-0.3, -0.25) is 9.59 Å². The number of carbonyl (C=O) groups is 1. The van der Waals surface area contributed by atoms with Crippen LogP contribution in [0.25, 0.3) is 10.9 Å². The summed E-state index contributed by atoms with van der Waals surface area (Å²) in [6.45, 7) is 0. The number of fused-ring (bicyclic) bond motifs is 1.